The van der Waals surface area contributed by atoms with Crippen LogP contribution < -0.4 is 0 Å². The summed E-state index contributed by atoms with van der Waals surface area (Å²) in [6.07, 6.45) is 4.99. The van der Waals surface area contributed by atoms with Gasteiger partial charge in [0.2, 0.25) is 0 Å². The van der Waals surface area contributed by atoms with Gasteiger partial charge in [-0.05, 0) is 25.2 Å². The van der Waals surface area contributed by atoms with E-state index in [4.69, 9.17) is 4.74 Å². The van der Waals surface area contributed by atoms with Gasteiger partial charge in [0.1, 0.15) is 6.10 Å². The molecular formula is C10H14O2. The van der Waals surface area contributed by atoms with E-state index in [1.807, 2.05) is 0 Å². The second-order valence-corrected chi connectivity index (χ2v) is 3.82. The molecule has 2 atom stereocenters. The van der Waals surface area contributed by atoms with E-state index in [0.717, 1.165) is 25.7 Å². The fourth-order valence-electron chi connectivity index (χ4n) is 2.13. The topological polar surface area (TPSA) is 26.3 Å². The van der Waals surface area contributed by atoms with Crippen molar-refractivity contribution in [2.75, 3.05) is 0 Å². The van der Waals surface area contributed by atoms with Crippen LogP contribution in [0.3, 0.4) is 0 Å². The van der Waals surface area contributed by atoms with E-state index < -0.39 is 0 Å². The van der Waals surface area contributed by atoms with Crippen molar-refractivity contribution in [3.8, 4) is 0 Å². The predicted molar refractivity (Wildman–Crippen MR) is 45.6 cm³/mol. The summed E-state index contributed by atoms with van der Waals surface area (Å²) < 4.78 is 5.26. The lowest BCUT2D eigenvalue weighted by Crippen LogP contribution is -2.35. The van der Waals surface area contributed by atoms with E-state index in [2.05, 4.69) is 6.58 Å². The molecule has 0 amide bonds. The number of carbonyl (C=O) groups excluding carboxylic acids is 1. The number of rotatable bonds is 0. The minimum absolute atomic E-state index is 0.0223. The van der Waals surface area contributed by atoms with Gasteiger partial charge in [0, 0.05) is 12.8 Å². The highest BCUT2D eigenvalue weighted by Gasteiger charge is 2.33. The van der Waals surface area contributed by atoms with Crippen LogP contribution in [0.1, 0.15) is 32.1 Å². The zero-order valence-electron chi connectivity index (χ0n) is 7.21. The van der Waals surface area contributed by atoms with Crippen LogP contribution in [0, 0.1) is 5.92 Å². The lowest BCUT2D eigenvalue weighted by molar-refractivity contribution is -0.159. The SMILES string of the molecule is C=C1CCC2CCC(=O)OC2C1. The van der Waals surface area contributed by atoms with Gasteiger partial charge in [-0.2, -0.15) is 0 Å². The highest BCUT2D eigenvalue weighted by molar-refractivity contribution is 5.70. The predicted octanol–water partition coefficient (Wildman–Crippen LogP) is 2.05. The van der Waals surface area contributed by atoms with Gasteiger partial charge in [0.25, 0.3) is 0 Å². The third-order valence-corrected chi connectivity index (χ3v) is 2.89. The number of esters is 1. The molecule has 0 N–H and O–H groups in total. The highest BCUT2D eigenvalue weighted by atomic mass is 16.5. The standard InChI is InChI=1S/C10H14O2/c1-7-2-3-8-4-5-10(11)12-9(8)6-7/h8-9H,1-6H2. The molecule has 2 fully saturated rings. The molecule has 1 heterocycles. The van der Waals surface area contributed by atoms with Crippen molar-refractivity contribution < 1.29 is 9.53 Å². The molecule has 0 aromatic rings. The Labute approximate surface area is 72.6 Å². The van der Waals surface area contributed by atoms with Gasteiger partial charge < -0.3 is 4.74 Å². The first kappa shape index (κ1) is 7.84. The smallest absolute Gasteiger partial charge is 0.306 e. The van der Waals surface area contributed by atoms with Crippen molar-refractivity contribution in [2.24, 2.45) is 5.92 Å². The molecule has 2 rings (SSSR count). The molecule has 2 aliphatic rings. The molecule has 2 heteroatoms. The van der Waals surface area contributed by atoms with Crippen molar-refractivity contribution >= 4 is 5.97 Å². The first-order chi connectivity index (χ1) is 5.75. The van der Waals surface area contributed by atoms with E-state index in [-0.39, 0.29) is 12.1 Å². The normalized spacial score (nSPS) is 35.7. The van der Waals surface area contributed by atoms with Crippen LogP contribution >= 0.6 is 0 Å². The lowest BCUT2D eigenvalue weighted by atomic mass is 9.80. The molecule has 0 spiro atoms. The van der Waals surface area contributed by atoms with Crippen LogP contribution in [-0.4, -0.2) is 12.1 Å². The second kappa shape index (κ2) is 2.92. The van der Waals surface area contributed by atoms with Gasteiger partial charge in [-0.15, -0.1) is 0 Å². The Kier molecular flexibility index (Phi) is 1.91. The van der Waals surface area contributed by atoms with Gasteiger partial charge in [-0.3, -0.25) is 4.79 Å². The molecule has 0 bridgehead atoms. The zero-order valence-corrected chi connectivity index (χ0v) is 7.21. The van der Waals surface area contributed by atoms with Crippen molar-refractivity contribution in [3.63, 3.8) is 0 Å². The highest BCUT2D eigenvalue weighted by Crippen LogP contribution is 2.35. The van der Waals surface area contributed by atoms with Crippen LogP contribution in [0.15, 0.2) is 12.2 Å². The summed E-state index contributed by atoms with van der Waals surface area (Å²) in [5.74, 6) is 0.596. The van der Waals surface area contributed by atoms with E-state index in [1.54, 1.807) is 0 Å². The zero-order chi connectivity index (χ0) is 8.55. The number of carbonyl (C=O) groups is 1. The average Bonchev–Trinajstić information content (AvgIpc) is 2.03. The molecule has 1 aliphatic heterocycles. The monoisotopic (exact) mass is 166 g/mol. The Hall–Kier alpha value is -0.790. The molecule has 1 saturated carbocycles. The Morgan fingerprint density at radius 1 is 1.33 bits per heavy atom. The van der Waals surface area contributed by atoms with E-state index in [1.165, 1.54) is 5.57 Å². The maximum Gasteiger partial charge on any atom is 0.306 e. The minimum Gasteiger partial charge on any atom is -0.462 e. The summed E-state index contributed by atoms with van der Waals surface area (Å²) in [4.78, 5) is 11.0. The molecule has 2 unspecified atom stereocenters. The minimum atomic E-state index is -0.0223. The molecular weight excluding hydrogens is 152 g/mol. The summed E-state index contributed by atoms with van der Waals surface area (Å²) in [6, 6.07) is 0. The van der Waals surface area contributed by atoms with Crippen molar-refractivity contribution in [3.05, 3.63) is 12.2 Å². The Morgan fingerprint density at radius 2 is 2.08 bits per heavy atom. The lowest BCUT2D eigenvalue weighted by Gasteiger charge is -2.35. The Balaban J connectivity index is 2.03. The van der Waals surface area contributed by atoms with Crippen LogP contribution in [-0.2, 0) is 9.53 Å². The first-order valence-electron chi connectivity index (χ1n) is 4.62. The van der Waals surface area contributed by atoms with Gasteiger partial charge in [-0.1, -0.05) is 12.2 Å². The third kappa shape index (κ3) is 1.38. The molecule has 66 valence electrons. The second-order valence-electron chi connectivity index (χ2n) is 3.82. The number of fused-ring (bicyclic) bond motifs is 1. The Bertz CT molecular complexity index is 198. The largest absolute Gasteiger partial charge is 0.462 e. The molecule has 2 nitrogen and oxygen atoms in total. The summed E-state index contributed by atoms with van der Waals surface area (Å²) in [5.41, 5.74) is 1.24. The first-order valence-corrected chi connectivity index (χ1v) is 4.62. The van der Waals surface area contributed by atoms with Crippen molar-refractivity contribution in [1.29, 1.82) is 0 Å². The van der Waals surface area contributed by atoms with Crippen LogP contribution in [0.25, 0.3) is 0 Å². The summed E-state index contributed by atoms with van der Waals surface area (Å²) in [5, 5.41) is 0. The Morgan fingerprint density at radius 3 is 2.92 bits per heavy atom. The van der Waals surface area contributed by atoms with E-state index in [9.17, 15) is 4.79 Å². The number of ether oxygens (including phenoxy) is 1. The number of hydrogen-bond donors (Lipinski definition) is 0. The molecule has 0 radical (unpaired) electrons. The van der Waals surface area contributed by atoms with E-state index >= 15 is 0 Å². The third-order valence-electron chi connectivity index (χ3n) is 2.89. The summed E-state index contributed by atoms with van der Waals surface area (Å²) >= 11 is 0. The van der Waals surface area contributed by atoms with Crippen molar-refractivity contribution in [1.82, 2.24) is 0 Å². The average molecular weight is 166 g/mol. The van der Waals surface area contributed by atoms with Crippen LogP contribution in [0.4, 0.5) is 0 Å². The van der Waals surface area contributed by atoms with Crippen LogP contribution in [0.5, 0.6) is 0 Å². The summed E-state index contributed by atoms with van der Waals surface area (Å²) in [6.45, 7) is 3.94. The van der Waals surface area contributed by atoms with Gasteiger partial charge >= 0.3 is 5.97 Å². The fourth-order valence-corrected chi connectivity index (χ4v) is 2.13. The molecule has 12 heavy (non-hydrogen) atoms. The van der Waals surface area contributed by atoms with Gasteiger partial charge in [-0.25, -0.2) is 0 Å². The molecule has 0 aromatic carbocycles. The van der Waals surface area contributed by atoms with Gasteiger partial charge in [0.15, 0.2) is 0 Å². The van der Waals surface area contributed by atoms with Crippen molar-refractivity contribution in [2.45, 2.75) is 38.2 Å². The molecule has 0 aromatic heterocycles. The van der Waals surface area contributed by atoms with Gasteiger partial charge in [0.05, 0.1) is 0 Å². The van der Waals surface area contributed by atoms with Crippen LogP contribution in [0.2, 0.25) is 0 Å². The quantitative estimate of drug-likeness (QED) is 0.406. The molecule has 1 aliphatic carbocycles. The molecule has 1 saturated heterocycles. The maximum atomic E-state index is 11.0. The fraction of sp³-hybridized carbons (Fsp3) is 0.700. The summed E-state index contributed by atoms with van der Waals surface area (Å²) in [7, 11) is 0. The van der Waals surface area contributed by atoms with E-state index in [0.29, 0.717) is 12.3 Å². The maximum absolute atomic E-state index is 11.0. The number of hydrogen-bond acceptors (Lipinski definition) is 2.